The van der Waals surface area contributed by atoms with Gasteiger partial charge in [-0.1, -0.05) is 31.5 Å². The van der Waals surface area contributed by atoms with E-state index in [1.807, 2.05) is 31.2 Å². The van der Waals surface area contributed by atoms with Crippen molar-refractivity contribution in [2.24, 2.45) is 0 Å². The van der Waals surface area contributed by atoms with Crippen LogP contribution >= 0.6 is 0 Å². The second-order valence-corrected chi connectivity index (χ2v) is 4.78. The van der Waals surface area contributed by atoms with Gasteiger partial charge in [0, 0.05) is 18.4 Å². The lowest BCUT2D eigenvalue weighted by Gasteiger charge is -2.25. The van der Waals surface area contributed by atoms with Crippen molar-refractivity contribution < 1.29 is 0 Å². The molecule has 0 aliphatic carbocycles. The molecule has 0 atom stereocenters. The number of hydrogen-bond donors (Lipinski definition) is 0. The van der Waals surface area contributed by atoms with Gasteiger partial charge in [-0.25, -0.2) is 4.98 Å². The van der Waals surface area contributed by atoms with E-state index in [4.69, 9.17) is 0 Å². The number of benzene rings is 1. The number of rotatable bonds is 5. The van der Waals surface area contributed by atoms with E-state index in [0.717, 1.165) is 36.5 Å². The Labute approximate surface area is 120 Å². The molecule has 1 aromatic carbocycles. The predicted octanol–water partition coefficient (Wildman–Crippen LogP) is 4.20. The summed E-state index contributed by atoms with van der Waals surface area (Å²) < 4.78 is 0. The molecule has 0 saturated heterocycles. The van der Waals surface area contributed by atoms with E-state index in [-0.39, 0.29) is 0 Å². The van der Waals surface area contributed by atoms with E-state index in [2.05, 4.69) is 35.0 Å². The molecule has 0 aliphatic rings. The van der Waals surface area contributed by atoms with Crippen LogP contribution in [0, 0.1) is 18.3 Å². The Morgan fingerprint density at radius 3 is 2.60 bits per heavy atom. The number of nitrogens with zero attached hydrogens (tertiary/aromatic N) is 3. The van der Waals surface area contributed by atoms with E-state index in [1.54, 1.807) is 6.20 Å². The summed E-state index contributed by atoms with van der Waals surface area (Å²) in [6, 6.07) is 14.3. The molecule has 0 bridgehead atoms. The molecule has 0 radical (unpaired) electrons. The molecule has 1 heterocycles. The zero-order valence-corrected chi connectivity index (χ0v) is 12.0. The minimum Gasteiger partial charge on any atom is -0.325 e. The van der Waals surface area contributed by atoms with Crippen LogP contribution in [-0.4, -0.2) is 11.5 Å². The number of hydrogen-bond acceptors (Lipinski definition) is 3. The number of para-hydroxylation sites is 1. The van der Waals surface area contributed by atoms with Gasteiger partial charge in [0.1, 0.15) is 6.07 Å². The van der Waals surface area contributed by atoms with E-state index in [9.17, 15) is 5.26 Å². The molecular formula is C17H19N3. The van der Waals surface area contributed by atoms with Gasteiger partial charge in [0.25, 0.3) is 0 Å². The molecule has 0 unspecified atom stereocenters. The van der Waals surface area contributed by atoms with Gasteiger partial charge >= 0.3 is 0 Å². The summed E-state index contributed by atoms with van der Waals surface area (Å²) >= 11 is 0. The highest BCUT2D eigenvalue weighted by molar-refractivity contribution is 5.67. The summed E-state index contributed by atoms with van der Waals surface area (Å²) in [4.78, 5) is 6.58. The maximum atomic E-state index is 9.40. The van der Waals surface area contributed by atoms with Crippen LogP contribution in [0.4, 0.5) is 11.5 Å². The summed E-state index contributed by atoms with van der Waals surface area (Å²) in [5.41, 5.74) is 2.71. The van der Waals surface area contributed by atoms with Crippen LogP contribution in [0.15, 0.2) is 42.6 Å². The van der Waals surface area contributed by atoms with Crippen molar-refractivity contribution in [1.29, 1.82) is 5.26 Å². The molecule has 3 heteroatoms. The Morgan fingerprint density at radius 1 is 1.20 bits per heavy atom. The van der Waals surface area contributed by atoms with Gasteiger partial charge in [-0.05, 0) is 37.1 Å². The fourth-order valence-corrected chi connectivity index (χ4v) is 2.17. The number of aromatic nitrogens is 1. The van der Waals surface area contributed by atoms with Crippen LogP contribution in [0.2, 0.25) is 0 Å². The average molecular weight is 265 g/mol. The van der Waals surface area contributed by atoms with E-state index in [1.165, 1.54) is 0 Å². The Bertz CT molecular complexity index is 599. The molecule has 1 aromatic heterocycles. The van der Waals surface area contributed by atoms with Crippen LogP contribution in [0.1, 0.15) is 30.9 Å². The first-order valence-corrected chi connectivity index (χ1v) is 6.96. The molecule has 0 saturated carbocycles. The zero-order valence-electron chi connectivity index (χ0n) is 12.0. The Hall–Kier alpha value is -2.34. The normalized spacial score (nSPS) is 10.1. The first-order valence-electron chi connectivity index (χ1n) is 6.96. The van der Waals surface area contributed by atoms with E-state index >= 15 is 0 Å². The van der Waals surface area contributed by atoms with Crippen molar-refractivity contribution in [3.8, 4) is 6.07 Å². The minimum atomic E-state index is 0.660. The smallest absolute Gasteiger partial charge is 0.151 e. The molecular weight excluding hydrogens is 246 g/mol. The molecule has 0 N–H and O–H groups in total. The molecule has 2 rings (SSSR count). The maximum absolute atomic E-state index is 9.40. The second kappa shape index (κ2) is 6.72. The highest BCUT2D eigenvalue weighted by atomic mass is 15.2. The van der Waals surface area contributed by atoms with Gasteiger partial charge in [-0.2, -0.15) is 5.26 Å². The van der Waals surface area contributed by atoms with Gasteiger partial charge in [-0.15, -0.1) is 0 Å². The summed E-state index contributed by atoms with van der Waals surface area (Å²) in [5, 5.41) is 9.40. The highest BCUT2D eigenvalue weighted by Crippen LogP contribution is 2.28. The van der Waals surface area contributed by atoms with Gasteiger partial charge in [0.05, 0.1) is 5.56 Å². The third-order valence-corrected chi connectivity index (χ3v) is 3.31. The number of anilines is 2. The van der Waals surface area contributed by atoms with Crippen molar-refractivity contribution in [2.75, 3.05) is 11.4 Å². The molecule has 0 spiro atoms. The standard InChI is InChI=1S/C17H19N3/c1-3-4-12-20(15-8-6-5-7-9-15)17-16(13-18)14(2)10-11-19-17/h5-11H,3-4,12H2,1-2H3. The van der Waals surface area contributed by atoms with Crippen LogP contribution in [-0.2, 0) is 0 Å². The molecule has 0 aliphatic heterocycles. The Kier molecular flexibility index (Phi) is 4.73. The molecule has 102 valence electrons. The Morgan fingerprint density at radius 2 is 1.95 bits per heavy atom. The fourth-order valence-electron chi connectivity index (χ4n) is 2.17. The van der Waals surface area contributed by atoms with Crippen molar-refractivity contribution in [1.82, 2.24) is 4.98 Å². The van der Waals surface area contributed by atoms with Crippen molar-refractivity contribution in [3.05, 3.63) is 53.7 Å². The number of unbranched alkanes of at least 4 members (excludes halogenated alkanes) is 1. The topological polar surface area (TPSA) is 39.9 Å². The largest absolute Gasteiger partial charge is 0.325 e. The van der Waals surface area contributed by atoms with Crippen molar-refractivity contribution >= 4 is 11.5 Å². The summed E-state index contributed by atoms with van der Waals surface area (Å²) in [5.74, 6) is 0.757. The van der Waals surface area contributed by atoms with Crippen LogP contribution < -0.4 is 4.90 Å². The van der Waals surface area contributed by atoms with Crippen molar-refractivity contribution in [2.45, 2.75) is 26.7 Å². The van der Waals surface area contributed by atoms with Gasteiger partial charge in [-0.3, -0.25) is 0 Å². The van der Waals surface area contributed by atoms with Crippen LogP contribution in [0.25, 0.3) is 0 Å². The van der Waals surface area contributed by atoms with Crippen LogP contribution in [0.3, 0.4) is 0 Å². The fraction of sp³-hybridized carbons (Fsp3) is 0.294. The average Bonchev–Trinajstić information content (AvgIpc) is 2.49. The first-order chi connectivity index (χ1) is 9.77. The molecule has 0 fully saturated rings. The second-order valence-electron chi connectivity index (χ2n) is 4.78. The zero-order chi connectivity index (χ0) is 14.4. The van der Waals surface area contributed by atoms with Crippen LogP contribution in [0.5, 0.6) is 0 Å². The number of pyridine rings is 1. The van der Waals surface area contributed by atoms with Gasteiger partial charge in [0.2, 0.25) is 0 Å². The maximum Gasteiger partial charge on any atom is 0.151 e. The lowest BCUT2D eigenvalue weighted by atomic mass is 10.1. The van der Waals surface area contributed by atoms with Crippen molar-refractivity contribution in [3.63, 3.8) is 0 Å². The number of nitriles is 1. The first kappa shape index (κ1) is 14.1. The third-order valence-electron chi connectivity index (χ3n) is 3.31. The summed E-state index contributed by atoms with van der Waals surface area (Å²) in [6.07, 6.45) is 3.94. The SMILES string of the molecule is CCCCN(c1ccccc1)c1nccc(C)c1C#N. The Balaban J connectivity index is 2.47. The summed E-state index contributed by atoms with van der Waals surface area (Å²) in [6.45, 7) is 4.98. The van der Waals surface area contributed by atoms with E-state index in [0.29, 0.717) is 5.56 Å². The lowest BCUT2D eigenvalue weighted by Crippen LogP contribution is -2.21. The van der Waals surface area contributed by atoms with Gasteiger partial charge in [0.15, 0.2) is 5.82 Å². The quantitative estimate of drug-likeness (QED) is 0.813. The summed E-state index contributed by atoms with van der Waals surface area (Å²) in [7, 11) is 0. The third kappa shape index (κ3) is 2.97. The predicted molar refractivity (Wildman–Crippen MR) is 82.0 cm³/mol. The molecule has 0 amide bonds. The number of aryl methyl sites for hydroxylation is 1. The molecule has 3 nitrogen and oxygen atoms in total. The molecule has 20 heavy (non-hydrogen) atoms. The minimum absolute atomic E-state index is 0.660. The van der Waals surface area contributed by atoms with Gasteiger partial charge < -0.3 is 4.90 Å². The molecule has 2 aromatic rings. The highest BCUT2D eigenvalue weighted by Gasteiger charge is 2.15. The lowest BCUT2D eigenvalue weighted by molar-refractivity contribution is 0.778. The van der Waals surface area contributed by atoms with E-state index < -0.39 is 0 Å². The monoisotopic (exact) mass is 265 g/mol.